The van der Waals surface area contributed by atoms with Crippen LogP contribution in [0.2, 0.25) is 10.0 Å². The van der Waals surface area contributed by atoms with E-state index in [9.17, 15) is 19.5 Å². The van der Waals surface area contributed by atoms with Crippen LogP contribution < -0.4 is 4.90 Å². The van der Waals surface area contributed by atoms with Gasteiger partial charge in [0.15, 0.2) is 5.78 Å². The Morgan fingerprint density at radius 1 is 1.09 bits per heavy atom. The van der Waals surface area contributed by atoms with Crippen LogP contribution in [0.15, 0.2) is 34.5 Å². The molecular weight excluding hydrogens is 491 g/mol. The highest BCUT2D eigenvalue weighted by atomic mass is 35.5. The zero-order chi connectivity index (χ0) is 25.3. The van der Waals surface area contributed by atoms with E-state index >= 15 is 0 Å². The third-order valence-corrected chi connectivity index (χ3v) is 7.53. The lowest BCUT2D eigenvalue weighted by Gasteiger charge is -2.36. The first-order valence-corrected chi connectivity index (χ1v) is 12.5. The van der Waals surface area contributed by atoms with E-state index in [-0.39, 0.29) is 35.2 Å². The van der Waals surface area contributed by atoms with Crippen LogP contribution in [0.25, 0.3) is 0 Å². The number of aliphatic hydroxyl groups excluding tert-OH is 1. The minimum Gasteiger partial charge on any atom is -0.511 e. The maximum Gasteiger partial charge on any atom is 0.251 e. The number of imide groups is 1. The zero-order valence-electron chi connectivity index (χ0n) is 20.0. The van der Waals surface area contributed by atoms with Crippen LogP contribution in [0.1, 0.15) is 33.1 Å². The van der Waals surface area contributed by atoms with Gasteiger partial charge in [-0.05, 0) is 23.6 Å². The summed E-state index contributed by atoms with van der Waals surface area (Å²) in [7, 11) is 0. The van der Waals surface area contributed by atoms with Gasteiger partial charge < -0.3 is 5.11 Å². The van der Waals surface area contributed by atoms with Gasteiger partial charge in [-0.1, -0.05) is 37.0 Å². The van der Waals surface area contributed by atoms with Crippen molar-refractivity contribution in [3.8, 4) is 0 Å². The molecule has 2 heterocycles. The zero-order valence-corrected chi connectivity index (χ0v) is 21.5. The van der Waals surface area contributed by atoms with E-state index in [1.165, 1.54) is 17.2 Å². The standard InChI is InChI=1S/C25H30Cl2N4O4/c1-25(2)13-21(32)17(22(33)14-25)15-28-5-6-29-7-9-30(10-8-29)20-12-23(34)31(24(20)35)16-3-4-18(26)19(27)11-16/h3-4,11,15,20,32H,5-10,12-14H2,1-2H3/t20-/m0/s1. The second-order valence-corrected chi connectivity index (χ2v) is 10.9. The van der Waals surface area contributed by atoms with E-state index in [2.05, 4.69) is 14.8 Å². The Balaban J connectivity index is 1.27. The molecule has 188 valence electrons. The average molecular weight is 521 g/mol. The van der Waals surface area contributed by atoms with Crippen molar-refractivity contribution in [2.75, 3.05) is 44.2 Å². The number of anilines is 1. The summed E-state index contributed by atoms with van der Waals surface area (Å²) in [6, 6.07) is 4.27. The number of benzene rings is 1. The molecule has 10 heteroatoms. The topological polar surface area (TPSA) is 93.5 Å². The molecule has 1 aliphatic carbocycles. The predicted molar refractivity (Wildman–Crippen MR) is 136 cm³/mol. The third kappa shape index (κ3) is 5.77. The Bertz CT molecular complexity index is 1090. The average Bonchev–Trinajstić information content (AvgIpc) is 3.08. The molecule has 1 atom stereocenters. The highest BCUT2D eigenvalue weighted by molar-refractivity contribution is 6.42. The van der Waals surface area contributed by atoms with Gasteiger partial charge in [-0.2, -0.15) is 0 Å². The summed E-state index contributed by atoms with van der Waals surface area (Å²) < 4.78 is 0. The summed E-state index contributed by atoms with van der Waals surface area (Å²) in [6.07, 6.45) is 2.54. The molecule has 1 aromatic carbocycles. The van der Waals surface area contributed by atoms with E-state index in [1.54, 1.807) is 12.1 Å². The monoisotopic (exact) mass is 520 g/mol. The van der Waals surface area contributed by atoms with Gasteiger partial charge in [-0.15, -0.1) is 0 Å². The first-order chi connectivity index (χ1) is 16.6. The normalized spacial score (nSPS) is 24.3. The number of nitrogens with zero attached hydrogens (tertiary/aromatic N) is 4. The molecule has 0 bridgehead atoms. The van der Waals surface area contributed by atoms with Crippen molar-refractivity contribution in [2.24, 2.45) is 10.4 Å². The van der Waals surface area contributed by atoms with Crippen molar-refractivity contribution in [1.82, 2.24) is 9.80 Å². The van der Waals surface area contributed by atoms with Crippen molar-refractivity contribution >= 4 is 52.7 Å². The summed E-state index contributed by atoms with van der Waals surface area (Å²) in [6.45, 7) is 8.00. The minimum atomic E-state index is -0.478. The molecule has 0 saturated carbocycles. The van der Waals surface area contributed by atoms with Gasteiger partial charge in [0.1, 0.15) is 5.76 Å². The molecule has 4 rings (SSSR count). The van der Waals surface area contributed by atoms with Gasteiger partial charge in [0.25, 0.3) is 5.91 Å². The van der Waals surface area contributed by atoms with Gasteiger partial charge >= 0.3 is 0 Å². The fourth-order valence-corrected chi connectivity index (χ4v) is 5.19. The van der Waals surface area contributed by atoms with Crippen LogP contribution in [-0.4, -0.2) is 84.0 Å². The van der Waals surface area contributed by atoms with Crippen LogP contribution in [-0.2, 0) is 14.4 Å². The van der Waals surface area contributed by atoms with Crippen LogP contribution in [0.3, 0.4) is 0 Å². The van der Waals surface area contributed by atoms with Crippen LogP contribution in [0, 0.1) is 5.41 Å². The summed E-state index contributed by atoms with van der Waals surface area (Å²) in [5.41, 5.74) is 0.544. The molecule has 2 aliphatic heterocycles. The summed E-state index contributed by atoms with van der Waals surface area (Å²) in [4.78, 5) is 47.8. The lowest BCUT2D eigenvalue weighted by molar-refractivity contribution is -0.123. The van der Waals surface area contributed by atoms with Crippen molar-refractivity contribution in [1.29, 1.82) is 0 Å². The van der Waals surface area contributed by atoms with E-state index in [0.29, 0.717) is 60.3 Å². The Morgan fingerprint density at radius 3 is 2.46 bits per heavy atom. The highest BCUT2D eigenvalue weighted by Crippen LogP contribution is 2.35. The fraction of sp³-hybridized carbons (Fsp3) is 0.520. The number of halogens is 2. The van der Waals surface area contributed by atoms with Crippen molar-refractivity contribution in [3.63, 3.8) is 0 Å². The van der Waals surface area contributed by atoms with Gasteiger partial charge in [0.05, 0.1) is 40.3 Å². The van der Waals surface area contributed by atoms with Crippen LogP contribution in [0.4, 0.5) is 5.69 Å². The molecule has 1 aromatic rings. The number of Topliss-reactive ketones (excluding diaryl/α,β-unsaturated/α-hetero) is 1. The first-order valence-electron chi connectivity index (χ1n) is 11.8. The lowest BCUT2D eigenvalue weighted by Crippen LogP contribution is -2.52. The molecule has 8 nitrogen and oxygen atoms in total. The number of hydrogen-bond acceptors (Lipinski definition) is 7. The van der Waals surface area contributed by atoms with Crippen molar-refractivity contribution in [3.05, 3.63) is 39.6 Å². The molecule has 3 aliphatic rings. The second kappa shape index (κ2) is 10.4. The molecule has 0 radical (unpaired) electrons. The number of carbonyl (C=O) groups is 3. The third-order valence-electron chi connectivity index (χ3n) is 6.79. The molecule has 2 amide bonds. The molecule has 0 aromatic heterocycles. The Labute approximate surface area is 215 Å². The number of aliphatic hydroxyl groups is 1. The Kier molecular flexibility index (Phi) is 7.66. The number of amides is 2. The minimum absolute atomic E-state index is 0.0678. The molecule has 1 N–H and O–H groups in total. The molecular formula is C25H30Cl2N4O4. The number of aliphatic imine (C=N–C) groups is 1. The second-order valence-electron chi connectivity index (χ2n) is 10.1. The van der Waals surface area contributed by atoms with E-state index in [4.69, 9.17) is 23.2 Å². The van der Waals surface area contributed by atoms with E-state index in [1.807, 2.05) is 13.8 Å². The molecule has 2 fully saturated rings. The van der Waals surface area contributed by atoms with Gasteiger partial charge in [-0.25, -0.2) is 4.90 Å². The van der Waals surface area contributed by atoms with E-state index in [0.717, 1.165) is 13.1 Å². The quantitative estimate of drug-likeness (QED) is 0.455. The largest absolute Gasteiger partial charge is 0.511 e. The number of hydrogen-bond donors (Lipinski definition) is 1. The molecule has 0 unspecified atom stereocenters. The number of rotatable bonds is 6. The lowest BCUT2D eigenvalue weighted by atomic mass is 9.77. The summed E-state index contributed by atoms with van der Waals surface area (Å²) >= 11 is 12.0. The molecule has 35 heavy (non-hydrogen) atoms. The van der Waals surface area contributed by atoms with Gasteiger partial charge in [-0.3, -0.25) is 29.2 Å². The Morgan fingerprint density at radius 2 is 1.80 bits per heavy atom. The van der Waals surface area contributed by atoms with E-state index < -0.39 is 6.04 Å². The summed E-state index contributed by atoms with van der Waals surface area (Å²) in [5.74, 6) is -0.427. The van der Waals surface area contributed by atoms with Crippen molar-refractivity contribution < 1.29 is 19.5 Å². The Hall–Kier alpha value is -2.26. The van der Waals surface area contributed by atoms with Gasteiger partial charge in [0, 0.05) is 51.8 Å². The van der Waals surface area contributed by atoms with Crippen LogP contribution in [0.5, 0.6) is 0 Å². The number of allylic oxidation sites excluding steroid dienone is 2. The maximum atomic E-state index is 13.1. The maximum absolute atomic E-state index is 13.1. The summed E-state index contributed by atoms with van der Waals surface area (Å²) in [5, 5.41) is 10.9. The first kappa shape index (κ1) is 25.8. The number of ketones is 1. The highest BCUT2D eigenvalue weighted by Gasteiger charge is 2.43. The fourth-order valence-electron chi connectivity index (χ4n) is 4.90. The van der Waals surface area contributed by atoms with Crippen molar-refractivity contribution in [2.45, 2.75) is 39.2 Å². The molecule has 2 saturated heterocycles. The predicted octanol–water partition coefficient (Wildman–Crippen LogP) is 3.51. The van der Waals surface area contributed by atoms with Gasteiger partial charge in [0.2, 0.25) is 5.91 Å². The van der Waals surface area contributed by atoms with Crippen LogP contribution >= 0.6 is 23.2 Å². The number of piperazine rings is 1. The molecule has 0 spiro atoms. The number of carbonyl (C=O) groups excluding carboxylic acids is 3. The SMILES string of the molecule is CC1(C)CC(=O)C(C=NCCN2CCN([C@H]3CC(=O)N(c4ccc(Cl)c(Cl)c4)C3=O)CC2)=C(O)C1. The smallest absolute Gasteiger partial charge is 0.251 e.